The zero-order valence-electron chi connectivity index (χ0n) is 16.3. The lowest BCUT2D eigenvalue weighted by atomic mass is 10.1. The predicted octanol–water partition coefficient (Wildman–Crippen LogP) is 4.75. The van der Waals surface area contributed by atoms with Crippen LogP contribution in [0.2, 0.25) is 10.0 Å². The number of carbonyl (C=O) groups is 1. The summed E-state index contributed by atoms with van der Waals surface area (Å²) in [6, 6.07) is 8.79. The summed E-state index contributed by atoms with van der Waals surface area (Å²) in [5.41, 5.74) is 2.52. The number of halogens is 2. The molecule has 1 aliphatic carbocycles. The molecule has 0 saturated heterocycles. The first-order valence-electron chi connectivity index (χ1n) is 9.55. The number of nitrogens with zero attached hydrogens (tertiary/aromatic N) is 3. The van der Waals surface area contributed by atoms with E-state index < -0.39 is 11.5 Å². The van der Waals surface area contributed by atoms with Gasteiger partial charge in [0.25, 0.3) is 0 Å². The number of ether oxygens (including phenoxy) is 1. The highest BCUT2D eigenvalue weighted by Gasteiger charge is 2.40. The van der Waals surface area contributed by atoms with Gasteiger partial charge in [0.05, 0.1) is 27.4 Å². The van der Waals surface area contributed by atoms with Gasteiger partial charge in [0.2, 0.25) is 11.6 Å². The van der Waals surface area contributed by atoms with Crippen LogP contribution in [-0.2, 0) is 12.0 Å². The number of nitrogens with one attached hydrogen (secondary N) is 1. The third-order valence-corrected chi connectivity index (χ3v) is 5.98. The summed E-state index contributed by atoms with van der Waals surface area (Å²) in [5, 5.41) is 3.90. The Hall–Kier alpha value is -3.10. The molecular weight excluding hydrogens is 443 g/mol. The van der Waals surface area contributed by atoms with Gasteiger partial charge in [0.15, 0.2) is 5.75 Å². The highest BCUT2D eigenvalue weighted by molar-refractivity contribution is 6.37. The summed E-state index contributed by atoms with van der Waals surface area (Å²) < 4.78 is 12.5. The zero-order chi connectivity index (χ0) is 21.8. The molecule has 0 atom stereocenters. The zero-order valence-corrected chi connectivity index (χ0v) is 17.8. The smallest absolute Gasteiger partial charge is 0.439 e. The molecule has 2 aromatic heterocycles. The van der Waals surface area contributed by atoms with Crippen LogP contribution in [0.15, 0.2) is 46.0 Å². The third-order valence-electron chi connectivity index (χ3n) is 5.42. The van der Waals surface area contributed by atoms with Crippen molar-refractivity contribution in [3.8, 4) is 11.5 Å². The summed E-state index contributed by atoms with van der Waals surface area (Å²) in [5.74, 6) is -0.522. The van der Waals surface area contributed by atoms with Crippen molar-refractivity contribution >= 4 is 40.0 Å². The fraction of sp³-hybridized carbons (Fsp3) is 0.238. The lowest BCUT2D eigenvalue weighted by molar-refractivity contribution is 0.0980. The summed E-state index contributed by atoms with van der Waals surface area (Å²) in [7, 11) is 0. The average molecular weight is 459 g/mol. The number of aromatic amines is 1. The first-order valence-corrected chi connectivity index (χ1v) is 10.3. The molecule has 5 rings (SSSR count). The number of hydrogen-bond donors (Lipinski definition) is 1. The standard InChI is InChI=1S/C21H16Cl2N4O4/c1-21(4-5-21)27-10-24-15-3-2-12(9-16(15)27)30-18-13(22)6-11(7-14(18)23)8-17(28)19-25-20(29)31-26-19/h2-3,6-7,9-10H,4-5,8H2,1H3,(H,25,26,29). The van der Waals surface area contributed by atoms with E-state index in [1.807, 2.05) is 18.5 Å². The lowest BCUT2D eigenvalue weighted by Crippen LogP contribution is -2.10. The van der Waals surface area contributed by atoms with E-state index in [0.29, 0.717) is 11.3 Å². The Bertz CT molecular complexity index is 1360. The SMILES string of the molecule is CC1(n2cnc3ccc(Oc4c(Cl)cc(CC(=O)c5noc(=O)[nH]5)cc4Cl)cc32)CC1. The van der Waals surface area contributed by atoms with E-state index in [4.69, 9.17) is 27.9 Å². The number of rotatable bonds is 6. The number of ketones is 1. The van der Waals surface area contributed by atoms with Gasteiger partial charge in [-0.1, -0.05) is 28.4 Å². The molecule has 1 aliphatic rings. The Morgan fingerprint density at radius 3 is 2.65 bits per heavy atom. The van der Waals surface area contributed by atoms with E-state index in [9.17, 15) is 9.59 Å². The minimum absolute atomic E-state index is 0.0636. The Kier molecular flexibility index (Phi) is 4.64. The highest BCUT2D eigenvalue weighted by Crippen LogP contribution is 2.45. The predicted molar refractivity (Wildman–Crippen MR) is 114 cm³/mol. The van der Waals surface area contributed by atoms with Crippen molar-refractivity contribution < 1.29 is 14.1 Å². The molecule has 1 saturated carbocycles. The van der Waals surface area contributed by atoms with Crippen LogP contribution in [0.5, 0.6) is 11.5 Å². The molecule has 10 heteroatoms. The second-order valence-corrected chi connectivity index (χ2v) is 8.61. The van der Waals surface area contributed by atoms with E-state index in [0.717, 1.165) is 23.9 Å². The average Bonchev–Trinajstić information content (AvgIpc) is 3.13. The van der Waals surface area contributed by atoms with Crippen molar-refractivity contribution in [2.45, 2.75) is 31.7 Å². The van der Waals surface area contributed by atoms with E-state index in [1.54, 1.807) is 18.2 Å². The Balaban J connectivity index is 1.41. The van der Waals surface area contributed by atoms with Crippen molar-refractivity contribution in [1.29, 1.82) is 0 Å². The Morgan fingerprint density at radius 2 is 2.00 bits per heavy atom. The molecule has 2 heterocycles. The molecular formula is C21H16Cl2N4O4. The van der Waals surface area contributed by atoms with Crippen LogP contribution in [0.25, 0.3) is 11.0 Å². The number of fused-ring (bicyclic) bond motifs is 1. The van der Waals surface area contributed by atoms with Gasteiger partial charge in [-0.3, -0.25) is 14.3 Å². The lowest BCUT2D eigenvalue weighted by Gasteiger charge is -2.14. The van der Waals surface area contributed by atoms with E-state index in [-0.39, 0.29) is 33.6 Å². The molecule has 0 radical (unpaired) electrons. The first-order chi connectivity index (χ1) is 14.8. The number of imidazole rings is 1. The van der Waals surface area contributed by atoms with Gasteiger partial charge in [-0.15, -0.1) is 0 Å². The molecule has 0 amide bonds. The van der Waals surface area contributed by atoms with E-state index >= 15 is 0 Å². The number of carbonyl (C=O) groups excluding carboxylic acids is 1. The molecule has 2 aromatic carbocycles. The highest BCUT2D eigenvalue weighted by atomic mass is 35.5. The molecule has 0 unspecified atom stereocenters. The third kappa shape index (κ3) is 3.73. The van der Waals surface area contributed by atoms with Gasteiger partial charge >= 0.3 is 5.76 Å². The number of benzene rings is 2. The maximum Gasteiger partial charge on any atom is 0.439 e. The molecule has 0 aliphatic heterocycles. The van der Waals surface area contributed by atoms with Crippen LogP contribution in [0, 0.1) is 0 Å². The fourth-order valence-corrected chi connectivity index (χ4v) is 4.06. The number of hydrogen-bond acceptors (Lipinski definition) is 6. The van der Waals surface area contributed by atoms with Crippen LogP contribution in [0.1, 0.15) is 35.9 Å². The molecule has 0 bridgehead atoms. The molecule has 4 aromatic rings. The summed E-state index contributed by atoms with van der Waals surface area (Å²) in [6.07, 6.45) is 4.02. The van der Waals surface area contributed by atoms with E-state index in [1.165, 1.54) is 0 Å². The van der Waals surface area contributed by atoms with Crippen LogP contribution in [-0.4, -0.2) is 25.5 Å². The Labute approximate surface area is 185 Å². The first kappa shape index (κ1) is 19.8. The maximum absolute atomic E-state index is 12.2. The number of aromatic nitrogens is 4. The minimum Gasteiger partial charge on any atom is -0.454 e. The van der Waals surface area contributed by atoms with Gasteiger partial charge in [0.1, 0.15) is 5.75 Å². The van der Waals surface area contributed by atoms with Crippen molar-refractivity contribution in [2.75, 3.05) is 0 Å². The van der Waals surface area contributed by atoms with Gasteiger partial charge in [-0.2, -0.15) is 0 Å². The van der Waals surface area contributed by atoms with Crippen molar-refractivity contribution in [3.63, 3.8) is 0 Å². The van der Waals surface area contributed by atoms with Crippen molar-refractivity contribution in [2.24, 2.45) is 0 Å². The van der Waals surface area contributed by atoms with Crippen molar-refractivity contribution in [1.82, 2.24) is 19.7 Å². The van der Waals surface area contributed by atoms with Gasteiger partial charge < -0.3 is 9.30 Å². The quantitative estimate of drug-likeness (QED) is 0.418. The summed E-state index contributed by atoms with van der Waals surface area (Å²) >= 11 is 12.8. The second kappa shape index (κ2) is 7.25. The monoisotopic (exact) mass is 458 g/mol. The normalized spacial score (nSPS) is 14.7. The van der Waals surface area contributed by atoms with Gasteiger partial charge in [-0.05, 0) is 49.6 Å². The number of Topliss-reactive ketones (excluding diaryl/α,β-unsaturated/α-hetero) is 1. The van der Waals surface area contributed by atoms with Crippen LogP contribution in [0.4, 0.5) is 0 Å². The topological polar surface area (TPSA) is 103 Å². The minimum atomic E-state index is -0.794. The van der Waals surface area contributed by atoms with E-state index in [2.05, 4.69) is 31.1 Å². The second-order valence-electron chi connectivity index (χ2n) is 7.80. The summed E-state index contributed by atoms with van der Waals surface area (Å²) in [4.78, 5) is 29.9. The maximum atomic E-state index is 12.2. The molecule has 8 nitrogen and oxygen atoms in total. The van der Waals surface area contributed by atoms with Gasteiger partial charge in [-0.25, -0.2) is 9.78 Å². The van der Waals surface area contributed by atoms with Crippen molar-refractivity contribution in [3.05, 3.63) is 68.6 Å². The van der Waals surface area contributed by atoms with Crippen LogP contribution in [0.3, 0.4) is 0 Å². The summed E-state index contributed by atoms with van der Waals surface area (Å²) in [6.45, 7) is 2.20. The van der Waals surface area contributed by atoms with Crippen LogP contribution < -0.4 is 10.5 Å². The molecule has 1 N–H and O–H groups in total. The molecule has 158 valence electrons. The fourth-order valence-electron chi connectivity index (χ4n) is 3.45. The molecule has 1 fully saturated rings. The number of H-pyrrole nitrogens is 1. The molecule has 0 spiro atoms. The Morgan fingerprint density at radius 1 is 1.26 bits per heavy atom. The van der Waals surface area contributed by atoms with Crippen LogP contribution >= 0.6 is 23.2 Å². The van der Waals surface area contributed by atoms with Gasteiger partial charge in [0, 0.05) is 18.0 Å². The largest absolute Gasteiger partial charge is 0.454 e. The molecule has 31 heavy (non-hydrogen) atoms.